The van der Waals surface area contributed by atoms with Crippen LogP contribution in [0.15, 0.2) is 24.3 Å². The second-order valence-electron chi connectivity index (χ2n) is 11.0. The van der Waals surface area contributed by atoms with Crippen LogP contribution in [0.2, 0.25) is 0 Å². The molecule has 37 heavy (non-hydrogen) atoms. The fourth-order valence-corrected chi connectivity index (χ4v) is 5.04. The van der Waals surface area contributed by atoms with Crippen LogP contribution in [0.25, 0.3) is 0 Å². The molecule has 0 aliphatic carbocycles. The average Bonchev–Trinajstić information content (AvgIpc) is 2.79. The first-order chi connectivity index (χ1) is 16.8. The number of ether oxygens (including phenoxy) is 3. The van der Waals surface area contributed by atoms with Crippen molar-refractivity contribution in [1.29, 1.82) is 0 Å². The van der Waals surface area contributed by atoms with Gasteiger partial charge in [0.05, 0.1) is 23.6 Å². The Labute approximate surface area is 241 Å². The van der Waals surface area contributed by atoms with Crippen molar-refractivity contribution in [3.05, 3.63) is 46.5 Å². The molecule has 0 aromatic heterocycles. The van der Waals surface area contributed by atoms with E-state index >= 15 is 0 Å². The van der Waals surface area contributed by atoms with E-state index in [1.54, 1.807) is 0 Å². The molecule has 2 aromatic carbocycles. The Kier molecular flexibility index (Phi) is 13.3. The van der Waals surface area contributed by atoms with Gasteiger partial charge in [0.1, 0.15) is 17.2 Å². The van der Waals surface area contributed by atoms with E-state index in [-0.39, 0.29) is 58.1 Å². The molecule has 0 aliphatic rings. The number of hydrogen-bond donors (Lipinski definition) is 0. The van der Waals surface area contributed by atoms with Crippen molar-refractivity contribution in [2.75, 3.05) is 0 Å². The minimum Gasteiger partial charge on any atom is -1.00 e. The molecule has 0 saturated heterocycles. The third kappa shape index (κ3) is 9.35. The molecule has 0 amide bonds. The van der Waals surface area contributed by atoms with E-state index in [4.69, 9.17) is 14.2 Å². The molecular formula is C31H48LiO4P. The number of carbonyl (C=O) groups is 1. The smallest absolute Gasteiger partial charge is 1.00 e. The maximum Gasteiger partial charge on any atom is 1.00 e. The second-order valence-corrected chi connectivity index (χ2v) is 12.2. The number of benzene rings is 2. The summed E-state index contributed by atoms with van der Waals surface area (Å²) in [5.74, 6) is 2.07. The van der Waals surface area contributed by atoms with Gasteiger partial charge >= 0.3 is 18.9 Å². The zero-order valence-electron chi connectivity index (χ0n) is 26.3. The summed E-state index contributed by atoms with van der Waals surface area (Å²) in [7, 11) is -0.120. The van der Waals surface area contributed by atoms with Crippen LogP contribution in [0.3, 0.4) is 0 Å². The standard InChI is InChI=1S/C31H47O4P.Li.H/c1-12-21(6)33-25-17-26(34-22(7)13-2)29(27(18-25)35-23(8)14-3)36-30(32)28-19(4)15-24(16-20(28)5)31(9,10)11;;/h15-18,21-23,36H,12-14H2,1-11H3;;/q;+1;-1. The van der Waals surface area contributed by atoms with E-state index in [9.17, 15) is 4.79 Å². The maximum atomic E-state index is 13.8. The predicted molar refractivity (Wildman–Crippen MR) is 156 cm³/mol. The Hall–Kier alpha value is -1.46. The Bertz CT molecular complexity index is 995. The molecule has 0 heterocycles. The van der Waals surface area contributed by atoms with Crippen molar-refractivity contribution < 1.29 is 39.3 Å². The number of hydrogen-bond acceptors (Lipinski definition) is 4. The average molecular weight is 523 g/mol. The van der Waals surface area contributed by atoms with Gasteiger partial charge in [-0.05, 0) is 84.6 Å². The van der Waals surface area contributed by atoms with E-state index in [0.29, 0.717) is 17.2 Å². The molecule has 0 spiro atoms. The maximum absolute atomic E-state index is 13.8. The third-order valence-electron chi connectivity index (χ3n) is 6.62. The summed E-state index contributed by atoms with van der Waals surface area (Å²) < 4.78 is 18.9. The molecule has 4 nitrogen and oxygen atoms in total. The molecule has 0 saturated carbocycles. The first-order valence-corrected chi connectivity index (χ1v) is 14.4. The molecule has 0 N–H and O–H groups in total. The monoisotopic (exact) mass is 522 g/mol. The van der Waals surface area contributed by atoms with Gasteiger partial charge in [-0.2, -0.15) is 0 Å². The zero-order chi connectivity index (χ0) is 27.2. The largest absolute Gasteiger partial charge is 1.00 e. The molecule has 2 rings (SSSR count). The van der Waals surface area contributed by atoms with Crippen LogP contribution in [0, 0.1) is 13.8 Å². The van der Waals surface area contributed by atoms with E-state index in [2.05, 4.69) is 60.6 Å². The zero-order valence-corrected chi connectivity index (χ0v) is 26.3. The van der Waals surface area contributed by atoms with Crippen LogP contribution in [-0.2, 0) is 5.41 Å². The van der Waals surface area contributed by atoms with Gasteiger partial charge in [-0.25, -0.2) is 0 Å². The minimum atomic E-state index is -0.120. The quantitative estimate of drug-likeness (QED) is 0.277. The van der Waals surface area contributed by atoms with Gasteiger partial charge in [-0.15, -0.1) is 0 Å². The summed E-state index contributed by atoms with van der Waals surface area (Å²) in [6.45, 7) is 23.1. The van der Waals surface area contributed by atoms with Crippen molar-refractivity contribution in [2.24, 2.45) is 0 Å². The van der Waals surface area contributed by atoms with Crippen LogP contribution in [0.5, 0.6) is 17.2 Å². The fourth-order valence-electron chi connectivity index (χ4n) is 3.79. The van der Waals surface area contributed by atoms with Gasteiger partial charge in [-0.3, -0.25) is 4.79 Å². The van der Waals surface area contributed by atoms with Crippen LogP contribution in [-0.4, -0.2) is 23.8 Å². The Morgan fingerprint density at radius 1 is 0.811 bits per heavy atom. The molecule has 202 valence electrons. The van der Waals surface area contributed by atoms with Gasteiger partial charge in [-0.1, -0.05) is 53.7 Å². The second kappa shape index (κ2) is 14.6. The van der Waals surface area contributed by atoms with Gasteiger partial charge in [0.2, 0.25) is 0 Å². The number of aryl methyl sites for hydroxylation is 2. The topological polar surface area (TPSA) is 44.8 Å². The van der Waals surface area contributed by atoms with E-state index < -0.39 is 0 Å². The molecule has 4 atom stereocenters. The normalized spacial score (nSPS) is 14.1. The third-order valence-corrected chi connectivity index (χ3v) is 7.84. The minimum absolute atomic E-state index is 0. The van der Waals surface area contributed by atoms with E-state index in [1.165, 1.54) is 5.56 Å². The van der Waals surface area contributed by atoms with Crippen molar-refractivity contribution in [2.45, 2.75) is 119 Å². The summed E-state index contributed by atoms with van der Waals surface area (Å²) >= 11 is 0. The molecule has 0 fully saturated rings. The van der Waals surface area contributed by atoms with Gasteiger partial charge in [0, 0.05) is 17.7 Å². The summed E-state index contributed by atoms with van der Waals surface area (Å²) in [6, 6.07) is 8.17. The van der Waals surface area contributed by atoms with Gasteiger partial charge in [0.25, 0.3) is 0 Å². The molecule has 6 heteroatoms. The van der Waals surface area contributed by atoms with Crippen molar-refractivity contribution in [3.8, 4) is 17.2 Å². The molecule has 0 bridgehead atoms. The first kappa shape index (κ1) is 33.6. The molecule has 4 unspecified atom stereocenters. The van der Waals surface area contributed by atoms with Gasteiger partial charge in [0.15, 0.2) is 5.52 Å². The van der Waals surface area contributed by atoms with Crippen molar-refractivity contribution in [1.82, 2.24) is 0 Å². The Morgan fingerprint density at radius 3 is 1.59 bits per heavy atom. The molecule has 2 aromatic rings. The van der Waals surface area contributed by atoms with E-state index in [1.807, 2.05) is 39.8 Å². The SMILES string of the molecule is CCC(C)Oc1cc(OC(C)CC)c(PC(=O)c2c(C)cc(C(C)(C)C)cc2C)c(OC(C)CC)c1.[H-].[Li+]. The van der Waals surface area contributed by atoms with Crippen LogP contribution in [0.1, 0.15) is 110 Å². The summed E-state index contributed by atoms with van der Waals surface area (Å²) in [5, 5.41) is 0.816. The van der Waals surface area contributed by atoms with Crippen LogP contribution in [0.4, 0.5) is 0 Å². The first-order valence-electron chi connectivity index (χ1n) is 13.4. The van der Waals surface area contributed by atoms with Crippen LogP contribution < -0.4 is 38.4 Å². The van der Waals surface area contributed by atoms with Crippen molar-refractivity contribution >= 4 is 19.4 Å². The predicted octanol–water partition coefficient (Wildman–Crippen LogP) is 5.39. The van der Waals surface area contributed by atoms with Gasteiger partial charge < -0.3 is 15.6 Å². The molecule has 0 radical (unpaired) electrons. The summed E-state index contributed by atoms with van der Waals surface area (Å²) in [5.41, 5.74) is 4.20. The number of carbonyl (C=O) groups excluding carboxylic acids is 1. The summed E-state index contributed by atoms with van der Waals surface area (Å²) in [4.78, 5) is 13.8. The fraction of sp³-hybridized carbons (Fsp3) is 0.581. The summed E-state index contributed by atoms with van der Waals surface area (Å²) in [6.07, 6.45) is 2.71. The Balaban J connectivity index is 0.00000684. The van der Waals surface area contributed by atoms with Crippen molar-refractivity contribution in [3.63, 3.8) is 0 Å². The molecule has 0 aliphatic heterocycles. The number of rotatable bonds is 12. The van der Waals surface area contributed by atoms with E-state index in [0.717, 1.165) is 41.3 Å². The Morgan fingerprint density at radius 2 is 1.22 bits per heavy atom. The molecular weight excluding hydrogens is 474 g/mol. The van der Waals surface area contributed by atoms with Crippen LogP contribution >= 0.6 is 8.58 Å².